The number of hydrogen-bond acceptors (Lipinski definition) is 2. The first-order chi connectivity index (χ1) is 8.06. The van der Waals surface area contributed by atoms with Gasteiger partial charge in [-0.25, -0.2) is 4.79 Å². The second kappa shape index (κ2) is 4.71. The fourth-order valence-corrected chi connectivity index (χ4v) is 1.87. The second-order valence-corrected chi connectivity index (χ2v) is 4.68. The number of nitrogens with zero attached hydrogens (tertiary/aromatic N) is 2. The van der Waals surface area contributed by atoms with Crippen LogP contribution in [-0.2, 0) is 6.54 Å². The highest BCUT2D eigenvalue weighted by atomic mass is 79.9. The lowest BCUT2D eigenvalue weighted by atomic mass is 10.2. The Morgan fingerprint density at radius 2 is 2.06 bits per heavy atom. The van der Waals surface area contributed by atoms with Crippen LogP contribution in [0.15, 0.2) is 34.8 Å². The molecule has 0 saturated carbocycles. The van der Waals surface area contributed by atoms with Crippen molar-refractivity contribution in [1.29, 1.82) is 0 Å². The van der Waals surface area contributed by atoms with Crippen LogP contribution in [0.2, 0.25) is 0 Å². The molecule has 0 fully saturated rings. The number of aryl methyl sites for hydroxylation is 1. The summed E-state index contributed by atoms with van der Waals surface area (Å²) in [6.07, 6.45) is 0. The minimum atomic E-state index is -0.956. The SMILES string of the molecule is Cc1cc(C(=O)O)n(Cc2ccc(Br)cc2)n1. The van der Waals surface area contributed by atoms with Gasteiger partial charge >= 0.3 is 5.97 Å². The molecule has 0 unspecified atom stereocenters. The van der Waals surface area contributed by atoms with Crippen molar-refractivity contribution in [2.24, 2.45) is 0 Å². The van der Waals surface area contributed by atoms with Crippen LogP contribution < -0.4 is 0 Å². The van der Waals surface area contributed by atoms with Crippen molar-refractivity contribution in [1.82, 2.24) is 9.78 Å². The lowest BCUT2D eigenvalue weighted by molar-refractivity contribution is 0.0684. The summed E-state index contributed by atoms with van der Waals surface area (Å²) >= 11 is 3.36. The van der Waals surface area contributed by atoms with Gasteiger partial charge in [0.05, 0.1) is 12.2 Å². The molecular weight excluding hydrogens is 284 g/mol. The van der Waals surface area contributed by atoms with Gasteiger partial charge in [0.1, 0.15) is 5.69 Å². The van der Waals surface area contributed by atoms with E-state index in [2.05, 4.69) is 21.0 Å². The number of carbonyl (C=O) groups is 1. The molecule has 88 valence electrons. The Hall–Kier alpha value is -1.62. The summed E-state index contributed by atoms with van der Waals surface area (Å²) in [5.74, 6) is -0.956. The molecule has 0 bridgehead atoms. The average molecular weight is 295 g/mol. The summed E-state index contributed by atoms with van der Waals surface area (Å²) in [6, 6.07) is 9.29. The molecule has 1 aromatic heterocycles. The highest BCUT2D eigenvalue weighted by Gasteiger charge is 2.12. The maximum atomic E-state index is 11.0. The number of carboxylic acid groups (broad SMARTS) is 1. The Kier molecular flexibility index (Phi) is 3.28. The largest absolute Gasteiger partial charge is 0.477 e. The van der Waals surface area contributed by atoms with Gasteiger partial charge in [0, 0.05) is 4.47 Å². The highest BCUT2D eigenvalue weighted by molar-refractivity contribution is 9.10. The molecule has 5 heteroatoms. The molecule has 17 heavy (non-hydrogen) atoms. The molecule has 0 aliphatic heterocycles. The van der Waals surface area contributed by atoms with Crippen molar-refractivity contribution in [2.45, 2.75) is 13.5 Å². The Morgan fingerprint density at radius 1 is 1.41 bits per heavy atom. The van der Waals surface area contributed by atoms with Crippen molar-refractivity contribution in [3.8, 4) is 0 Å². The molecule has 1 aromatic carbocycles. The van der Waals surface area contributed by atoms with E-state index in [4.69, 9.17) is 5.11 Å². The van der Waals surface area contributed by atoms with Crippen molar-refractivity contribution in [3.05, 3.63) is 51.8 Å². The third kappa shape index (κ3) is 2.74. The summed E-state index contributed by atoms with van der Waals surface area (Å²) in [7, 11) is 0. The van der Waals surface area contributed by atoms with E-state index in [1.165, 1.54) is 4.68 Å². The molecule has 0 aliphatic rings. The standard InChI is InChI=1S/C12H11BrN2O2/c1-8-6-11(12(16)17)15(14-8)7-9-2-4-10(13)5-3-9/h2-6H,7H2,1H3,(H,16,17). The minimum Gasteiger partial charge on any atom is -0.477 e. The van der Waals surface area contributed by atoms with Crippen LogP contribution in [-0.4, -0.2) is 20.9 Å². The molecular formula is C12H11BrN2O2. The van der Waals surface area contributed by atoms with Crippen molar-refractivity contribution >= 4 is 21.9 Å². The fraction of sp³-hybridized carbons (Fsp3) is 0.167. The van der Waals surface area contributed by atoms with Gasteiger partial charge in [-0.3, -0.25) is 4.68 Å². The van der Waals surface area contributed by atoms with Crippen molar-refractivity contribution in [3.63, 3.8) is 0 Å². The molecule has 2 rings (SSSR count). The summed E-state index contributed by atoms with van der Waals surface area (Å²) in [4.78, 5) is 11.0. The van der Waals surface area contributed by atoms with Gasteiger partial charge in [-0.05, 0) is 30.7 Å². The summed E-state index contributed by atoms with van der Waals surface area (Å²) in [5, 5.41) is 13.2. The Labute approximate surface area is 107 Å². The lowest BCUT2D eigenvalue weighted by Gasteiger charge is -2.04. The van der Waals surface area contributed by atoms with E-state index in [9.17, 15) is 4.79 Å². The van der Waals surface area contributed by atoms with Gasteiger partial charge in [-0.2, -0.15) is 5.10 Å². The molecule has 2 aromatic rings. The van der Waals surface area contributed by atoms with Crippen molar-refractivity contribution in [2.75, 3.05) is 0 Å². The van der Waals surface area contributed by atoms with Gasteiger partial charge in [0.2, 0.25) is 0 Å². The van der Waals surface area contributed by atoms with E-state index in [-0.39, 0.29) is 5.69 Å². The molecule has 0 atom stereocenters. The van der Waals surface area contributed by atoms with Crippen molar-refractivity contribution < 1.29 is 9.90 Å². The van der Waals surface area contributed by atoms with Crippen LogP contribution in [0.5, 0.6) is 0 Å². The summed E-state index contributed by atoms with van der Waals surface area (Å²) in [6.45, 7) is 2.24. The monoisotopic (exact) mass is 294 g/mol. The van der Waals surface area contributed by atoms with Crippen LogP contribution in [0, 0.1) is 6.92 Å². The number of halogens is 1. The van der Waals surface area contributed by atoms with E-state index in [1.54, 1.807) is 13.0 Å². The number of hydrogen-bond donors (Lipinski definition) is 1. The van der Waals surface area contributed by atoms with Crippen LogP contribution in [0.25, 0.3) is 0 Å². The molecule has 0 amide bonds. The van der Waals surface area contributed by atoms with Crippen LogP contribution >= 0.6 is 15.9 Å². The first-order valence-corrected chi connectivity index (χ1v) is 5.88. The first-order valence-electron chi connectivity index (χ1n) is 5.08. The molecule has 0 aliphatic carbocycles. The van der Waals surface area contributed by atoms with Crippen LogP contribution in [0.4, 0.5) is 0 Å². The summed E-state index contributed by atoms with van der Waals surface area (Å²) < 4.78 is 2.50. The molecule has 0 radical (unpaired) electrons. The van der Waals surface area contributed by atoms with Gasteiger partial charge < -0.3 is 5.11 Å². The third-order valence-electron chi connectivity index (χ3n) is 2.37. The quantitative estimate of drug-likeness (QED) is 0.947. The van der Waals surface area contributed by atoms with Gasteiger partial charge in [0.25, 0.3) is 0 Å². The maximum absolute atomic E-state index is 11.0. The van der Waals surface area contributed by atoms with E-state index in [1.807, 2.05) is 24.3 Å². The fourth-order valence-electron chi connectivity index (χ4n) is 1.60. The predicted molar refractivity (Wildman–Crippen MR) is 67.2 cm³/mol. The average Bonchev–Trinajstić information content (AvgIpc) is 2.63. The predicted octanol–water partition coefficient (Wildman–Crippen LogP) is 2.70. The van der Waals surface area contributed by atoms with Gasteiger partial charge in [-0.1, -0.05) is 28.1 Å². The summed E-state index contributed by atoms with van der Waals surface area (Å²) in [5.41, 5.74) is 1.93. The highest BCUT2D eigenvalue weighted by Crippen LogP contribution is 2.13. The zero-order valence-corrected chi connectivity index (χ0v) is 10.8. The maximum Gasteiger partial charge on any atom is 0.354 e. The van der Waals surface area contributed by atoms with Gasteiger partial charge in [0.15, 0.2) is 0 Å². The second-order valence-electron chi connectivity index (χ2n) is 3.76. The Morgan fingerprint density at radius 3 is 2.65 bits per heavy atom. The Balaban J connectivity index is 2.29. The van der Waals surface area contributed by atoms with E-state index < -0.39 is 5.97 Å². The number of aromatic carboxylic acids is 1. The molecule has 0 saturated heterocycles. The molecule has 1 heterocycles. The number of benzene rings is 1. The zero-order chi connectivity index (χ0) is 12.4. The third-order valence-corrected chi connectivity index (χ3v) is 2.90. The normalized spacial score (nSPS) is 10.5. The minimum absolute atomic E-state index is 0.213. The molecule has 1 N–H and O–H groups in total. The lowest BCUT2D eigenvalue weighted by Crippen LogP contribution is -2.10. The molecule has 0 spiro atoms. The first kappa shape index (κ1) is 11.9. The van der Waals surface area contributed by atoms with E-state index in [0.717, 1.165) is 10.0 Å². The van der Waals surface area contributed by atoms with E-state index in [0.29, 0.717) is 12.2 Å². The Bertz CT molecular complexity index is 546. The number of aromatic nitrogens is 2. The van der Waals surface area contributed by atoms with Crippen LogP contribution in [0.3, 0.4) is 0 Å². The zero-order valence-electron chi connectivity index (χ0n) is 9.22. The number of rotatable bonds is 3. The van der Waals surface area contributed by atoms with Gasteiger partial charge in [-0.15, -0.1) is 0 Å². The topological polar surface area (TPSA) is 55.1 Å². The van der Waals surface area contributed by atoms with E-state index >= 15 is 0 Å². The number of carboxylic acids is 1. The van der Waals surface area contributed by atoms with Crippen LogP contribution in [0.1, 0.15) is 21.7 Å². The molecule has 4 nitrogen and oxygen atoms in total. The smallest absolute Gasteiger partial charge is 0.354 e.